The minimum atomic E-state index is 0.531. The Labute approximate surface area is 144 Å². The Morgan fingerprint density at radius 3 is 1.54 bits per heavy atom. The molecule has 2 aromatic heterocycles. The fourth-order valence-corrected chi connectivity index (χ4v) is 6.03. The fraction of sp³-hybridized carbons (Fsp3) is 0.222. The number of nitrogens with zero attached hydrogens (tertiary/aromatic N) is 4. The molecule has 0 N–H and O–H groups in total. The quantitative estimate of drug-likeness (QED) is 0.468. The van der Waals surface area contributed by atoms with Crippen LogP contribution in [0.1, 0.15) is 9.75 Å². The molecule has 2 aliphatic rings. The van der Waals surface area contributed by atoms with Crippen LogP contribution in [0.4, 0.5) is 0 Å². The van der Waals surface area contributed by atoms with Gasteiger partial charge in [0.05, 0.1) is 21.4 Å². The van der Waals surface area contributed by atoms with Crippen LogP contribution in [0.15, 0.2) is 32.1 Å². The third-order valence-electron chi connectivity index (χ3n) is 4.76. The summed E-state index contributed by atoms with van der Waals surface area (Å²) in [6.45, 7) is 5.38. The largest absolute Gasteiger partial charge is 0.259 e. The topological polar surface area (TPSA) is 49.4 Å². The molecule has 6 heteroatoms. The van der Waals surface area contributed by atoms with E-state index in [9.17, 15) is 0 Å². The van der Waals surface area contributed by atoms with Gasteiger partial charge < -0.3 is 0 Å². The van der Waals surface area contributed by atoms with E-state index in [0.29, 0.717) is 13.3 Å². The number of hydrogen-bond donors (Lipinski definition) is 0. The number of hydrogen-bond acceptors (Lipinski definition) is 6. The van der Waals surface area contributed by atoms with E-state index in [0.717, 1.165) is 21.4 Å². The maximum absolute atomic E-state index is 4.74. The average molecular weight is 348 g/mol. The summed E-state index contributed by atoms with van der Waals surface area (Å²) in [5.41, 5.74) is 0. The minimum absolute atomic E-state index is 0.531. The first-order valence-corrected chi connectivity index (χ1v) is 9.51. The van der Waals surface area contributed by atoms with Crippen LogP contribution in [0.2, 0.25) is 0 Å². The zero-order valence-electron chi connectivity index (χ0n) is 13.2. The molecule has 0 amide bonds. The van der Waals surface area contributed by atoms with Crippen LogP contribution >= 0.6 is 22.7 Å². The molecular formula is C18H12N4S2. The summed E-state index contributed by atoms with van der Waals surface area (Å²) in [7, 11) is 0. The zero-order chi connectivity index (χ0) is 16.0. The van der Waals surface area contributed by atoms with Crippen molar-refractivity contribution in [3.05, 3.63) is 43.3 Å². The molecule has 4 heterocycles. The Kier molecular flexibility index (Phi) is 2.33. The molecule has 0 radical (unpaired) electrons. The van der Waals surface area contributed by atoms with Gasteiger partial charge in [-0.1, -0.05) is 0 Å². The van der Waals surface area contributed by atoms with Crippen LogP contribution in [-0.2, 0) is 0 Å². The second-order valence-corrected chi connectivity index (χ2v) is 8.77. The van der Waals surface area contributed by atoms with E-state index in [1.165, 1.54) is 40.7 Å². The highest BCUT2D eigenvalue weighted by Crippen LogP contribution is 2.33. The Balaban J connectivity index is 2.16. The molecule has 4 nitrogen and oxygen atoms in total. The molecule has 0 spiro atoms. The van der Waals surface area contributed by atoms with Gasteiger partial charge in [0.25, 0.3) is 0 Å². The zero-order valence-corrected chi connectivity index (χ0v) is 14.8. The third kappa shape index (κ3) is 1.44. The number of thiophene rings is 2. The smallest absolute Gasteiger partial charge is 0.130 e. The molecule has 116 valence electrons. The van der Waals surface area contributed by atoms with Gasteiger partial charge in [-0.2, -0.15) is 0 Å². The highest BCUT2D eigenvalue weighted by atomic mass is 32.1. The standard InChI is InChI=1S/C18H12N4S2/c1-7-3-9-13-16(22-5-19-13)12-11(17(9)23-7)15-14(20-6-21-15)10-4-8(2)24-18(10)12/h3-4H,5-6H2,1-2H3. The molecule has 0 atom stereocenters. The molecular weight excluding hydrogens is 336 g/mol. The fourth-order valence-electron chi connectivity index (χ4n) is 3.90. The molecule has 2 aromatic carbocycles. The predicted molar refractivity (Wildman–Crippen MR) is 98.5 cm³/mol. The van der Waals surface area contributed by atoms with E-state index in [2.05, 4.69) is 36.0 Å². The van der Waals surface area contributed by atoms with Gasteiger partial charge in [0.1, 0.15) is 13.3 Å². The first-order chi connectivity index (χ1) is 11.7. The van der Waals surface area contributed by atoms with Crippen molar-refractivity contribution in [2.45, 2.75) is 13.8 Å². The summed E-state index contributed by atoms with van der Waals surface area (Å²) < 4.78 is 2.57. The first kappa shape index (κ1) is 13.1. The molecule has 6 rings (SSSR count). The van der Waals surface area contributed by atoms with E-state index >= 15 is 0 Å². The normalized spacial score (nSPS) is 15.2. The van der Waals surface area contributed by atoms with Gasteiger partial charge >= 0.3 is 0 Å². The summed E-state index contributed by atoms with van der Waals surface area (Å²) in [5, 5.41) is 9.12. The van der Waals surface area contributed by atoms with Crippen molar-refractivity contribution >= 4 is 53.6 Å². The average Bonchev–Trinajstić information content (AvgIpc) is 3.29. The van der Waals surface area contributed by atoms with Crippen molar-refractivity contribution in [2.24, 2.45) is 20.0 Å². The van der Waals surface area contributed by atoms with E-state index < -0.39 is 0 Å². The summed E-state index contributed by atoms with van der Waals surface area (Å²) in [6.07, 6.45) is 0. The van der Waals surface area contributed by atoms with Gasteiger partial charge in [-0.05, 0) is 26.0 Å². The third-order valence-corrected chi connectivity index (χ3v) is 6.90. The van der Waals surface area contributed by atoms with Crippen molar-refractivity contribution in [1.82, 2.24) is 0 Å². The summed E-state index contributed by atoms with van der Waals surface area (Å²) >= 11 is 3.66. The van der Waals surface area contributed by atoms with Crippen molar-refractivity contribution in [2.75, 3.05) is 13.3 Å². The SMILES string of the molecule is Cc1cc2c3c(c4c5sc(C)cc5c5c(c4c2s1)=NCN=5)=NCN=3. The van der Waals surface area contributed by atoms with Crippen molar-refractivity contribution in [1.29, 1.82) is 0 Å². The number of rotatable bonds is 0. The number of aryl methyl sites for hydroxylation is 2. The van der Waals surface area contributed by atoms with Gasteiger partial charge in [0, 0.05) is 40.7 Å². The molecule has 0 fully saturated rings. The lowest BCUT2D eigenvalue weighted by Gasteiger charge is -2.03. The predicted octanol–water partition coefficient (Wildman–Crippen LogP) is 2.31. The maximum atomic E-state index is 4.74. The van der Waals surface area contributed by atoms with Crippen molar-refractivity contribution in [3.8, 4) is 0 Å². The number of fused-ring (bicyclic) bond motifs is 11. The van der Waals surface area contributed by atoms with E-state index in [-0.39, 0.29) is 0 Å². The Bertz CT molecular complexity index is 1360. The molecule has 4 aromatic rings. The van der Waals surface area contributed by atoms with E-state index in [1.54, 1.807) is 0 Å². The summed E-state index contributed by atoms with van der Waals surface area (Å²) in [4.78, 5) is 21.5. The molecule has 0 saturated carbocycles. The van der Waals surface area contributed by atoms with Crippen LogP contribution in [-0.4, -0.2) is 13.3 Å². The van der Waals surface area contributed by atoms with Crippen molar-refractivity contribution in [3.63, 3.8) is 0 Å². The number of benzene rings is 2. The first-order valence-electron chi connectivity index (χ1n) is 7.88. The second kappa shape index (κ2) is 4.26. The van der Waals surface area contributed by atoms with Crippen LogP contribution in [0.25, 0.3) is 30.9 Å². The van der Waals surface area contributed by atoms with Crippen LogP contribution in [0.5, 0.6) is 0 Å². The highest BCUT2D eigenvalue weighted by molar-refractivity contribution is 7.21. The van der Waals surface area contributed by atoms with Gasteiger partial charge in [-0.15, -0.1) is 22.7 Å². The van der Waals surface area contributed by atoms with E-state index in [1.807, 2.05) is 22.7 Å². The summed E-state index contributed by atoms with van der Waals surface area (Å²) in [6, 6.07) is 4.48. The molecule has 0 saturated heterocycles. The van der Waals surface area contributed by atoms with Crippen LogP contribution in [0.3, 0.4) is 0 Å². The molecule has 0 unspecified atom stereocenters. The molecule has 0 aliphatic carbocycles. The van der Waals surface area contributed by atoms with Gasteiger partial charge in [0.2, 0.25) is 0 Å². The summed E-state index contributed by atoms with van der Waals surface area (Å²) in [5.74, 6) is 0. The van der Waals surface area contributed by atoms with Crippen LogP contribution < -0.4 is 21.4 Å². The Morgan fingerprint density at radius 2 is 1.08 bits per heavy atom. The monoisotopic (exact) mass is 348 g/mol. The maximum Gasteiger partial charge on any atom is 0.130 e. The minimum Gasteiger partial charge on any atom is -0.259 e. The second-order valence-electron chi connectivity index (χ2n) is 6.26. The van der Waals surface area contributed by atoms with Gasteiger partial charge in [-0.25, -0.2) is 0 Å². The Morgan fingerprint density at radius 1 is 0.667 bits per heavy atom. The lowest BCUT2D eigenvalue weighted by Crippen LogP contribution is -2.30. The lowest BCUT2D eigenvalue weighted by molar-refractivity contribution is 1.06. The Hall–Kier alpha value is -2.18. The molecule has 24 heavy (non-hydrogen) atoms. The van der Waals surface area contributed by atoms with Gasteiger partial charge in [-0.3, -0.25) is 20.0 Å². The van der Waals surface area contributed by atoms with Gasteiger partial charge in [0.15, 0.2) is 0 Å². The van der Waals surface area contributed by atoms with E-state index in [4.69, 9.17) is 9.98 Å². The van der Waals surface area contributed by atoms with Crippen molar-refractivity contribution < 1.29 is 0 Å². The van der Waals surface area contributed by atoms with Crippen LogP contribution in [0, 0.1) is 13.8 Å². The molecule has 0 bridgehead atoms. The highest BCUT2D eigenvalue weighted by Gasteiger charge is 2.20. The molecule has 2 aliphatic heterocycles. The lowest BCUT2D eigenvalue weighted by atomic mass is 10.0.